The Labute approximate surface area is 104 Å². The minimum atomic E-state index is 0.707. The molecule has 1 aromatic heterocycles. The zero-order valence-corrected chi connectivity index (χ0v) is 9.87. The van der Waals surface area contributed by atoms with Crippen LogP contribution in [0.4, 0.5) is 5.69 Å². The van der Waals surface area contributed by atoms with Gasteiger partial charge in [0.1, 0.15) is 0 Å². The van der Waals surface area contributed by atoms with Crippen molar-refractivity contribution in [2.75, 3.05) is 0 Å². The molecule has 0 saturated heterocycles. The third kappa shape index (κ3) is 1.71. The van der Waals surface area contributed by atoms with Crippen LogP contribution in [-0.4, -0.2) is 0 Å². The van der Waals surface area contributed by atoms with Crippen molar-refractivity contribution < 1.29 is 0 Å². The molecule has 3 rings (SSSR count). The molecule has 0 N–H and O–H groups in total. The summed E-state index contributed by atoms with van der Waals surface area (Å²) >= 11 is 1.69. The molecule has 0 unspecified atom stereocenters. The zero-order valence-electron chi connectivity index (χ0n) is 9.05. The van der Waals surface area contributed by atoms with E-state index in [-0.39, 0.29) is 0 Å². The molecule has 0 aliphatic carbocycles. The van der Waals surface area contributed by atoms with E-state index >= 15 is 0 Å². The molecule has 1 nitrogen and oxygen atoms in total. The average Bonchev–Trinajstić information content (AvgIpc) is 2.82. The van der Waals surface area contributed by atoms with Gasteiger partial charge in [-0.2, -0.15) is 0 Å². The number of nitrogens with zero attached hydrogens (tertiary/aromatic N) is 1. The van der Waals surface area contributed by atoms with Gasteiger partial charge in [-0.1, -0.05) is 42.5 Å². The fourth-order valence-corrected chi connectivity index (χ4v) is 2.93. The molecule has 0 saturated carbocycles. The molecule has 0 spiro atoms. The highest BCUT2D eigenvalue weighted by Gasteiger charge is 2.06. The van der Waals surface area contributed by atoms with E-state index in [9.17, 15) is 0 Å². The molecule has 1 heterocycles. The van der Waals surface area contributed by atoms with Crippen LogP contribution in [-0.2, 0) is 0 Å². The summed E-state index contributed by atoms with van der Waals surface area (Å²) in [6.45, 7) is 7.02. The van der Waals surface area contributed by atoms with Crippen LogP contribution in [0.15, 0.2) is 53.9 Å². The molecule has 80 valence electrons. The van der Waals surface area contributed by atoms with Crippen LogP contribution in [0.1, 0.15) is 0 Å². The van der Waals surface area contributed by atoms with Crippen LogP contribution < -0.4 is 0 Å². The fraction of sp³-hybridized carbons (Fsp3) is 0. The van der Waals surface area contributed by atoms with Crippen LogP contribution in [0.5, 0.6) is 0 Å². The Morgan fingerprint density at radius 1 is 1.00 bits per heavy atom. The zero-order chi connectivity index (χ0) is 11.7. The first-order chi connectivity index (χ1) is 8.38. The van der Waals surface area contributed by atoms with Crippen molar-refractivity contribution in [3.05, 3.63) is 65.3 Å². The van der Waals surface area contributed by atoms with E-state index in [1.54, 1.807) is 11.3 Å². The van der Waals surface area contributed by atoms with Gasteiger partial charge in [-0.25, -0.2) is 4.85 Å². The Morgan fingerprint density at radius 3 is 2.59 bits per heavy atom. The van der Waals surface area contributed by atoms with Crippen LogP contribution in [0.25, 0.3) is 26.1 Å². The predicted octanol–water partition coefficient (Wildman–Crippen LogP) is 5.12. The maximum atomic E-state index is 7.02. The minimum Gasteiger partial charge on any atom is -0.238 e. The average molecular weight is 235 g/mol. The number of hydrogen-bond acceptors (Lipinski definition) is 1. The van der Waals surface area contributed by atoms with Gasteiger partial charge in [-0.3, -0.25) is 0 Å². The topological polar surface area (TPSA) is 4.36 Å². The maximum absolute atomic E-state index is 7.02. The summed E-state index contributed by atoms with van der Waals surface area (Å²) < 4.78 is 1.18. The largest absolute Gasteiger partial charge is 0.238 e. The van der Waals surface area contributed by atoms with Gasteiger partial charge < -0.3 is 0 Å². The van der Waals surface area contributed by atoms with E-state index in [4.69, 9.17) is 6.57 Å². The van der Waals surface area contributed by atoms with E-state index in [0.717, 1.165) is 0 Å². The first-order valence-electron chi connectivity index (χ1n) is 5.32. The van der Waals surface area contributed by atoms with Crippen molar-refractivity contribution in [1.29, 1.82) is 0 Å². The Balaban J connectivity index is 2.23. The van der Waals surface area contributed by atoms with Gasteiger partial charge in [0, 0.05) is 10.3 Å². The molecule has 3 aromatic rings. The third-order valence-electron chi connectivity index (χ3n) is 2.77. The van der Waals surface area contributed by atoms with Crippen LogP contribution in [0, 0.1) is 6.57 Å². The van der Waals surface area contributed by atoms with Gasteiger partial charge in [0.25, 0.3) is 0 Å². The lowest BCUT2D eigenvalue weighted by Gasteiger charge is -1.99. The number of fused-ring (bicyclic) bond motifs is 1. The second-order valence-corrected chi connectivity index (χ2v) is 4.72. The summed E-state index contributed by atoms with van der Waals surface area (Å²) in [6.07, 6.45) is 0. The first-order valence-corrected chi connectivity index (χ1v) is 6.20. The summed E-state index contributed by atoms with van der Waals surface area (Å²) in [5.74, 6) is 0. The lowest BCUT2D eigenvalue weighted by atomic mass is 10.0. The van der Waals surface area contributed by atoms with Crippen molar-refractivity contribution in [3.8, 4) is 11.1 Å². The normalized spacial score (nSPS) is 10.3. The highest BCUT2D eigenvalue weighted by Crippen LogP contribution is 2.35. The van der Waals surface area contributed by atoms with Crippen molar-refractivity contribution in [3.63, 3.8) is 0 Å². The summed E-state index contributed by atoms with van der Waals surface area (Å²) in [4.78, 5) is 3.46. The maximum Gasteiger partial charge on any atom is 0.188 e. The highest BCUT2D eigenvalue weighted by molar-refractivity contribution is 7.17. The number of benzene rings is 2. The third-order valence-corrected chi connectivity index (χ3v) is 3.72. The molecular weight excluding hydrogens is 226 g/mol. The molecule has 0 bridgehead atoms. The fourth-order valence-electron chi connectivity index (χ4n) is 1.93. The number of hydrogen-bond donors (Lipinski definition) is 0. The van der Waals surface area contributed by atoms with Crippen molar-refractivity contribution in [2.45, 2.75) is 0 Å². The van der Waals surface area contributed by atoms with E-state index < -0.39 is 0 Å². The van der Waals surface area contributed by atoms with Crippen molar-refractivity contribution in [2.24, 2.45) is 0 Å². The lowest BCUT2D eigenvalue weighted by molar-refractivity contribution is 1.69. The van der Waals surface area contributed by atoms with E-state index in [2.05, 4.69) is 22.4 Å². The van der Waals surface area contributed by atoms with E-state index in [1.807, 2.05) is 36.4 Å². The molecule has 2 aromatic carbocycles. The summed E-state index contributed by atoms with van der Waals surface area (Å²) in [5, 5.41) is 3.39. The minimum absolute atomic E-state index is 0.707. The molecule has 0 amide bonds. The predicted molar refractivity (Wildman–Crippen MR) is 73.5 cm³/mol. The second kappa shape index (κ2) is 4.04. The van der Waals surface area contributed by atoms with Crippen LogP contribution in [0.3, 0.4) is 0 Å². The van der Waals surface area contributed by atoms with Gasteiger partial charge in [0.05, 0.1) is 6.57 Å². The summed E-state index contributed by atoms with van der Waals surface area (Å²) in [6, 6.07) is 16.2. The van der Waals surface area contributed by atoms with Gasteiger partial charge in [-0.05, 0) is 22.4 Å². The Morgan fingerprint density at radius 2 is 1.82 bits per heavy atom. The van der Waals surface area contributed by atoms with Crippen molar-refractivity contribution in [1.82, 2.24) is 0 Å². The SMILES string of the molecule is [C-]#[N+]c1ccc2c(-c3ccccc3)csc2c1. The molecule has 0 aliphatic rings. The van der Waals surface area contributed by atoms with Gasteiger partial charge in [0.15, 0.2) is 5.69 Å². The first kappa shape index (κ1) is 10.1. The summed E-state index contributed by atoms with van der Waals surface area (Å²) in [5.41, 5.74) is 3.19. The summed E-state index contributed by atoms with van der Waals surface area (Å²) in [7, 11) is 0. The van der Waals surface area contributed by atoms with Crippen LogP contribution in [0.2, 0.25) is 0 Å². The Kier molecular flexibility index (Phi) is 2.40. The molecule has 2 heteroatoms. The smallest absolute Gasteiger partial charge is 0.188 e. The van der Waals surface area contributed by atoms with Crippen molar-refractivity contribution >= 4 is 27.1 Å². The molecule has 0 atom stereocenters. The highest BCUT2D eigenvalue weighted by atomic mass is 32.1. The number of thiophene rings is 1. The number of rotatable bonds is 1. The molecular formula is C15H9NS. The quantitative estimate of drug-likeness (QED) is 0.516. The second-order valence-electron chi connectivity index (χ2n) is 3.81. The Bertz CT molecular complexity index is 705. The van der Waals surface area contributed by atoms with Gasteiger partial charge in [-0.15, -0.1) is 11.3 Å². The van der Waals surface area contributed by atoms with Gasteiger partial charge >= 0.3 is 0 Å². The Hall–Kier alpha value is -2.11. The molecule has 0 fully saturated rings. The molecule has 0 radical (unpaired) electrons. The van der Waals surface area contributed by atoms with E-state index in [0.29, 0.717) is 5.69 Å². The van der Waals surface area contributed by atoms with E-state index in [1.165, 1.54) is 21.2 Å². The molecule has 17 heavy (non-hydrogen) atoms. The molecule has 0 aliphatic heterocycles. The monoisotopic (exact) mass is 235 g/mol. The standard InChI is InChI=1S/C15H9NS/c1-16-12-7-8-13-14(10-17-15(13)9-12)11-5-3-2-4-6-11/h2-10H. The lowest BCUT2D eigenvalue weighted by Crippen LogP contribution is -1.73. The van der Waals surface area contributed by atoms with Gasteiger partial charge in [0.2, 0.25) is 0 Å². The van der Waals surface area contributed by atoms with Crippen LogP contribution >= 0.6 is 11.3 Å².